The van der Waals surface area contributed by atoms with Gasteiger partial charge in [-0.2, -0.15) is 0 Å². The molecule has 0 aromatic carbocycles. The summed E-state index contributed by atoms with van der Waals surface area (Å²) in [6.07, 6.45) is 9.45. The summed E-state index contributed by atoms with van der Waals surface area (Å²) >= 11 is 2.12. The molecule has 3 rings (SSSR count). The van der Waals surface area contributed by atoms with Gasteiger partial charge in [0.25, 0.3) is 5.56 Å². The van der Waals surface area contributed by atoms with E-state index in [4.69, 9.17) is 0 Å². The van der Waals surface area contributed by atoms with E-state index < -0.39 is 0 Å². The fraction of sp³-hybridized carbons (Fsp3) is 0.692. The molecule has 1 aliphatic carbocycles. The van der Waals surface area contributed by atoms with E-state index in [-0.39, 0.29) is 5.56 Å². The van der Waals surface area contributed by atoms with Gasteiger partial charge in [0.1, 0.15) is 9.39 Å². The van der Waals surface area contributed by atoms with Crippen LogP contribution in [0, 0.1) is 9.49 Å². The Morgan fingerprint density at radius 1 is 1.28 bits per heavy atom. The Kier molecular flexibility index (Phi) is 3.59. The van der Waals surface area contributed by atoms with Gasteiger partial charge in [0, 0.05) is 12.6 Å². The topological polar surface area (TPSA) is 49.0 Å². The molecule has 0 amide bonds. The van der Waals surface area contributed by atoms with Crippen molar-refractivity contribution in [1.29, 1.82) is 0 Å². The number of hydrogen-bond acceptors (Lipinski definition) is 3. The molecule has 1 saturated heterocycles. The summed E-state index contributed by atoms with van der Waals surface area (Å²) in [6.45, 7) is 1.05. The summed E-state index contributed by atoms with van der Waals surface area (Å²) in [4.78, 5) is 21.1. The monoisotopic (exact) mass is 359 g/mol. The van der Waals surface area contributed by atoms with Crippen molar-refractivity contribution in [1.82, 2.24) is 9.97 Å². The highest BCUT2D eigenvalue weighted by Crippen LogP contribution is 2.37. The van der Waals surface area contributed by atoms with Gasteiger partial charge in [-0.25, -0.2) is 4.98 Å². The summed E-state index contributed by atoms with van der Waals surface area (Å²) < 4.78 is 0.736. The Balaban J connectivity index is 1.90. The van der Waals surface area contributed by atoms with Gasteiger partial charge >= 0.3 is 0 Å². The molecule has 1 aromatic rings. The highest BCUT2D eigenvalue weighted by molar-refractivity contribution is 14.1. The maximum Gasteiger partial charge on any atom is 0.266 e. The standard InChI is InChI=1S/C13H18IN3O/c14-11-12(15-8-16-13(11)18)17-7-3-6-10(17)9-4-1-2-5-9/h8-10H,1-7H2,(H,15,16,18). The van der Waals surface area contributed by atoms with Gasteiger partial charge in [-0.05, 0) is 54.2 Å². The number of nitrogens with zero attached hydrogens (tertiary/aromatic N) is 2. The number of anilines is 1. The molecule has 98 valence electrons. The van der Waals surface area contributed by atoms with Gasteiger partial charge in [-0.1, -0.05) is 12.8 Å². The number of hydrogen-bond donors (Lipinski definition) is 1. The van der Waals surface area contributed by atoms with E-state index in [0.717, 1.165) is 21.9 Å². The lowest BCUT2D eigenvalue weighted by atomic mass is 9.96. The first-order valence-electron chi connectivity index (χ1n) is 6.77. The number of nitrogens with one attached hydrogen (secondary N) is 1. The molecule has 2 fully saturated rings. The van der Waals surface area contributed by atoms with Crippen molar-refractivity contribution in [2.45, 2.75) is 44.6 Å². The summed E-state index contributed by atoms with van der Waals surface area (Å²) in [7, 11) is 0. The van der Waals surface area contributed by atoms with Gasteiger partial charge in [0.15, 0.2) is 0 Å². The zero-order chi connectivity index (χ0) is 12.5. The highest BCUT2D eigenvalue weighted by atomic mass is 127. The van der Waals surface area contributed by atoms with E-state index in [0.29, 0.717) is 6.04 Å². The molecule has 1 aliphatic heterocycles. The smallest absolute Gasteiger partial charge is 0.266 e. The molecule has 0 radical (unpaired) electrons. The van der Waals surface area contributed by atoms with E-state index >= 15 is 0 Å². The van der Waals surface area contributed by atoms with E-state index in [1.54, 1.807) is 0 Å². The SMILES string of the molecule is O=c1[nH]cnc(N2CCCC2C2CCCC2)c1I. The first kappa shape index (κ1) is 12.4. The van der Waals surface area contributed by atoms with Crippen LogP contribution in [0.15, 0.2) is 11.1 Å². The zero-order valence-electron chi connectivity index (χ0n) is 10.4. The molecule has 5 heteroatoms. The second-order valence-electron chi connectivity index (χ2n) is 5.32. The minimum atomic E-state index is -0.0160. The second kappa shape index (κ2) is 5.19. The molecule has 1 aromatic heterocycles. The van der Waals surface area contributed by atoms with Crippen LogP contribution in [0.2, 0.25) is 0 Å². The van der Waals surface area contributed by atoms with Gasteiger partial charge in [0.2, 0.25) is 0 Å². The maximum absolute atomic E-state index is 11.7. The van der Waals surface area contributed by atoms with Crippen molar-refractivity contribution in [3.8, 4) is 0 Å². The van der Waals surface area contributed by atoms with Crippen molar-refractivity contribution in [3.05, 3.63) is 20.3 Å². The van der Waals surface area contributed by atoms with Gasteiger partial charge < -0.3 is 9.88 Å². The minimum Gasteiger partial charge on any atom is -0.352 e. The number of H-pyrrole nitrogens is 1. The molecular formula is C13H18IN3O. The molecule has 18 heavy (non-hydrogen) atoms. The zero-order valence-corrected chi connectivity index (χ0v) is 12.5. The van der Waals surface area contributed by atoms with E-state index in [1.807, 2.05) is 0 Å². The van der Waals surface area contributed by atoms with Gasteiger partial charge in [-0.15, -0.1) is 0 Å². The molecule has 2 heterocycles. The fourth-order valence-electron chi connectivity index (χ4n) is 3.46. The van der Waals surface area contributed by atoms with Crippen LogP contribution in [-0.2, 0) is 0 Å². The third-order valence-corrected chi connectivity index (χ3v) is 5.27. The van der Waals surface area contributed by atoms with Crippen LogP contribution in [0.3, 0.4) is 0 Å². The molecule has 0 bridgehead atoms. The van der Waals surface area contributed by atoms with E-state index in [9.17, 15) is 4.79 Å². The van der Waals surface area contributed by atoms with Crippen molar-refractivity contribution in [2.75, 3.05) is 11.4 Å². The molecular weight excluding hydrogens is 341 g/mol. The Hall–Kier alpha value is -0.590. The van der Waals surface area contributed by atoms with Crippen LogP contribution in [-0.4, -0.2) is 22.6 Å². The fourth-order valence-corrected chi connectivity index (χ4v) is 4.07. The van der Waals surface area contributed by atoms with E-state index in [2.05, 4.69) is 37.5 Å². The highest BCUT2D eigenvalue weighted by Gasteiger charge is 2.34. The summed E-state index contributed by atoms with van der Waals surface area (Å²) in [5.74, 6) is 1.71. The van der Waals surface area contributed by atoms with E-state index in [1.165, 1.54) is 44.9 Å². The van der Waals surface area contributed by atoms with Crippen molar-refractivity contribution in [2.24, 2.45) is 5.92 Å². The molecule has 2 aliphatic rings. The summed E-state index contributed by atoms with van der Waals surface area (Å²) in [5, 5.41) is 0. The van der Waals surface area contributed by atoms with Crippen LogP contribution >= 0.6 is 22.6 Å². The van der Waals surface area contributed by atoms with Crippen LogP contribution in [0.1, 0.15) is 38.5 Å². The molecule has 4 nitrogen and oxygen atoms in total. The number of aromatic nitrogens is 2. The maximum atomic E-state index is 11.7. The molecule has 1 atom stereocenters. The Morgan fingerprint density at radius 2 is 2.06 bits per heavy atom. The number of halogens is 1. The van der Waals surface area contributed by atoms with Gasteiger partial charge in [0.05, 0.1) is 6.33 Å². The first-order chi connectivity index (χ1) is 8.77. The van der Waals surface area contributed by atoms with Crippen LogP contribution < -0.4 is 10.5 Å². The summed E-state index contributed by atoms with van der Waals surface area (Å²) in [5.41, 5.74) is -0.0160. The minimum absolute atomic E-state index is 0.0160. The van der Waals surface area contributed by atoms with Crippen LogP contribution in [0.25, 0.3) is 0 Å². The second-order valence-corrected chi connectivity index (χ2v) is 6.40. The first-order valence-corrected chi connectivity index (χ1v) is 7.85. The van der Waals surface area contributed by atoms with Crippen molar-refractivity contribution in [3.63, 3.8) is 0 Å². The predicted molar refractivity (Wildman–Crippen MR) is 79.9 cm³/mol. The van der Waals surface area contributed by atoms with Crippen LogP contribution in [0.5, 0.6) is 0 Å². The summed E-state index contributed by atoms with van der Waals surface area (Å²) in [6, 6.07) is 0.607. The van der Waals surface area contributed by atoms with Crippen molar-refractivity contribution < 1.29 is 0 Å². The lowest BCUT2D eigenvalue weighted by molar-refractivity contribution is 0.428. The van der Waals surface area contributed by atoms with Gasteiger partial charge in [-0.3, -0.25) is 4.79 Å². The Labute approximate surface area is 120 Å². The Bertz CT molecular complexity index is 481. The Morgan fingerprint density at radius 3 is 2.83 bits per heavy atom. The quantitative estimate of drug-likeness (QED) is 0.826. The molecule has 1 unspecified atom stereocenters. The lowest BCUT2D eigenvalue weighted by Gasteiger charge is -2.30. The average Bonchev–Trinajstić information content (AvgIpc) is 3.01. The average molecular weight is 359 g/mol. The third-order valence-electron chi connectivity index (χ3n) is 4.29. The molecule has 1 saturated carbocycles. The number of rotatable bonds is 2. The largest absolute Gasteiger partial charge is 0.352 e. The van der Waals surface area contributed by atoms with Crippen molar-refractivity contribution >= 4 is 28.4 Å². The number of aromatic amines is 1. The molecule has 0 spiro atoms. The third kappa shape index (κ3) is 2.17. The van der Waals surface area contributed by atoms with Crippen LogP contribution in [0.4, 0.5) is 5.82 Å². The molecule has 1 N–H and O–H groups in total. The predicted octanol–water partition coefficient (Wildman–Crippen LogP) is 2.53. The lowest BCUT2D eigenvalue weighted by Crippen LogP contribution is -2.36. The normalized spacial score (nSPS) is 24.9.